The molecule has 4 aliphatic carbocycles. The van der Waals surface area contributed by atoms with E-state index in [1.165, 1.54) is 31.3 Å². The van der Waals surface area contributed by atoms with Gasteiger partial charge in [-0.25, -0.2) is 0 Å². The number of piperidine rings is 1. The highest BCUT2D eigenvalue weighted by molar-refractivity contribution is 5.26. The van der Waals surface area contributed by atoms with Crippen LogP contribution in [-0.2, 0) is 14.2 Å². The van der Waals surface area contributed by atoms with Crippen molar-refractivity contribution in [3.8, 4) is 0 Å². The molecule has 5 N–H and O–H groups in total. The van der Waals surface area contributed by atoms with E-state index in [-0.39, 0.29) is 17.2 Å². The number of aliphatic hydroxyl groups excluding tert-OH is 4. The Labute approximate surface area is 245 Å². The summed E-state index contributed by atoms with van der Waals surface area (Å²) in [4.78, 5) is 0. The molecule has 2 unspecified atom stereocenters. The van der Waals surface area contributed by atoms with Crippen LogP contribution >= 0.6 is 0 Å². The van der Waals surface area contributed by atoms with Crippen molar-refractivity contribution in [2.75, 3.05) is 13.2 Å². The van der Waals surface area contributed by atoms with Gasteiger partial charge in [0.25, 0.3) is 0 Å². The average molecular weight is 576 g/mol. The van der Waals surface area contributed by atoms with Crippen LogP contribution in [0.3, 0.4) is 0 Å². The number of allylic oxidation sites excluding steroid dienone is 1. The first-order valence-electron chi connectivity index (χ1n) is 16.6. The minimum absolute atomic E-state index is 0.113. The molecule has 232 valence electrons. The number of hydrogen-bond acceptors (Lipinski definition) is 8. The number of hydrogen-bond donors (Lipinski definition) is 5. The average Bonchev–Trinajstić information content (AvgIpc) is 3.40. The zero-order valence-corrected chi connectivity index (χ0v) is 25.4. The van der Waals surface area contributed by atoms with E-state index in [0.717, 1.165) is 44.6 Å². The van der Waals surface area contributed by atoms with Gasteiger partial charge in [-0.1, -0.05) is 39.3 Å². The van der Waals surface area contributed by atoms with Gasteiger partial charge in [0.2, 0.25) is 0 Å². The summed E-state index contributed by atoms with van der Waals surface area (Å²) < 4.78 is 18.9. The molecular weight excluding hydrogens is 522 g/mol. The molecule has 16 atom stereocenters. The van der Waals surface area contributed by atoms with Crippen LogP contribution in [0.2, 0.25) is 0 Å². The second kappa shape index (κ2) is 10.2. The van der Waals surface area contributed by atoms with E-state index in [1.807, 2.05) is 0 Å². The summed E-state index contributed by atoms with van der Waals surface area (Å²) in [5.41, 5.74) is 1.86. The normalized spacial score (nSPS) is 58.3. The molecule has 3 aliphatic heterocycles. The van der Waals surface area contributed by atoms with Crippen LogP contribution in [0, 0.1) is 46.3 Å². The molecule has 0 aromatic rings. The molecule has 3 saturated heterocycles. The molecule has 41 heavy (non-hydrogen) atoms. The predicted octanol–water partition coefficient (Wildman–Crippen LogP) is 3.11. The van der Waals surface area contributed by atoms with Gasteiger partial charge in [-0.3, -0.25) is 5.32 Å². The fourth-order valence-corrected chi connectivity index (χ4v) is 11.3. The van der Waals surface area contributed by atoms with Crippen LogP contribution in [0.25, 0.3) is 0 Å². The minimum atomic E-state index is -1.41. The third-order valence-corrected chi connectivity index (χ3v) is 13.7. The molecule has 1 spiro atoms. The van der Waals surface area contributed by atoms with Crippen molar-refractivity contribution in [2.24, 2.45) is 46.3 Å². The van der Waals surface area contributed by atoms with Gasteiger partial charge in [-0.05, 0) is 98.2 Å². The SMILES string of the molecule is C[C@@H]1CC[C@@]2(NC1)O[C@H]1CC3[C@@H]4CC=C5C[C@@H](O[C@@H]6O[C@H](CO)[C@@H](O)[C@H](O)[C@H]6O)CC[C@]5(C)[C@H]4CC[C@]3(C)C1[C@@H]2C. The topological polar surface area (TPSA) is 121 Å². The molecule has 0 aromatic heterocycles. The summed E-state index contributed by atoms with van der Waals surface area (Å²) in [6.45, 7) is 10.5. The predicted molar refractivity (Wildman–Crippen MR) is 152 cm³/mol. The van der Waals surface area contributed by atoms with Gasteiger partial charge in [-0.15, -0.1) is 0 Å². The van der Waals surface area contributed by atoms with Gasteiger partial charge >= 0.3 is 0 Å². The van der Waals surface area contributed by atoms with Crippen molar-refractivity contribution in [1.82, 2.24) is 5.32 Å². The second-order valence-electron chi connectivity index (χ2n) is 15.6. The zero-order chi connectivity index (χ0) is 28.9. The van der Waals surface area contributed by atoms with Gasteiger partial charge in [0.05, 0.1) is 18.8 Å². The fourth-order valence-electron chi connectivity index (χ4n) is 11.3. The molecule has 7 rings (SSSR count). The largest absolute Gasteiger partial charge is 0.394 e. The van der Waals surface area contributed by atoms with Crippen molar-refractivity contribution in [3.63, 3.8) is 0 Å². The standard InChI is InChI=1S/C33H53NO7/c1-17-7-12-33(34-15-17)18(2)26-24(41-33)14-23-21-6-5-19-13-20(8-10-31(19,3)22(21)9-11-32(23,26)4)39-30-29(38)28(37)27(36)25(16-35)40-30/h5,17-18,20-30,34-38H,6-16H2,1-4H3/t17-,18+,20+,21-,22+,23?,24+,25-,26?,27-,28+,29-,30-,31+,32+,33-/m1/s1. The van der Waals surface area contributed by atoms with Crippen molar-refractivity contribution in [3.05, 3.63) is 11.6 Å². The summed E-state index contributed by atoms with van der Waals surface area (Å²) in [5, 5.41) is 44.3. The van der Waals surface area contributed by atoms with Gasteiger partial charge in [-0.2, -0.15) is 0 Å². The van der Waals surface area contributed by atoms with E-state index in [9.17, 15) is 20.4 Å². The van der Waals surface area contributed by atoms with Crippen molar-refractivity contribution in [1.29, 1.82) is 0 Å². The quantitative estimate of drug-likeness (QED) is 0.326. The first-order chi connectivity index (χ1) is 19.5. The third-order valence-electron chi connectivity index (χ3n) is 13.7. The summed E-state index contributed by atoms with van der Waals surface area (Å²) in [7, 11) is 0. The van der Waals surface area contributed by atoms with Gasteiger partial charge in [0, 0.05) is 12.5 Å². The molecule has 6 fully saturated rings. The lowest BCUT2D eigenvalue weighted by atomic mass is 9.47. The van der Waals surface area contributed by atoms with E-state index in [1.54, 1.807) is 0 Å². The van der Waals surface area contributed by atoms with E-state index in [0.29, 0.717) is 41.1 Å². The summed E-state index contributed by atoms with van der Waals surface area (Å²) >= 11 is 0. The Balaban J connectivity index is 1.05. The summed E-state index contributed by atoms with van der Waals surface area (Å²) in [6, 6.07) is 0. The first-order valence-corrected chi connectivity index (χ1v) is 16.6. The Morgan fingerprint density at radius 1 is 1.00 bits per heavy atom. The van der Waals surface area contributed by atoms with E-state index < -0.39 is 37.3 Å². The molecule has 0 radical (unpaired) electrons. The lowest BCUT2D eigenvalue weighted by molar-refractivity contribution is -0.313. The molecular formula is C33H53NO7. The maximum atomic E-state index is 10.5. The maximum Gasteiger partial charge on any atom is 0.186 e. The smallest absolute Gasteiger partial charge is 0.186 e. The zero-order valence-electron chi connectivity index (χ0n) is 25.4. The van der Waals surface area contributed by atoms with Crippen LogP contribution in [0.4, 0.5) is 0 Å². The van der Waals surface area contributed by atoms with Crippen LogP contribution in [0.5, 0.6) is 0 Å². The Morgan fingerprint density at radius 3 is 2.54 bits per heavy atom. The first kappa shape index (κ1) is 29.1. The lowest BCUT2D eigenvalue weighted by Gasteiger charge is -2.59. The number of aliphatic hydroxyl groups is 4. The molecule has 0 bridgehead atoms. The Hall–Kier alpha value is -0.580. The van der Waals surface area contributed by atoms with E-state index >= 15 is 0 Å². The monoisotopic (exact) mass is 575 g/mol. The van der Waals surface area contributed by atoms with Crippen LogP contribution < -0.4 is 5.32 Å². The van der Waals surface area contributed by atoms with Crippen molar-refractivity contribution < 1.29 is 34.6 Å². The molecule has 0 aromatic carbocycles. The minimum Gasteiger partial charge on any atom is -0.394 e. The van der Waals surface area contributed by atoms with Crippen LogP contribution in [-0.4, -0.2) is 82.2 Å². The Kier molecular flexibility index (Phi) is 7.27. The second-order valence-corrected chi connectivity index (χ2v) is 15.6. The summed E-state index contributed by atoms with van der Waals surface area (Å²) in [6.07, 6.45) is 6.64. The van der Waals surface area contributed by atoms with Crippen LogP contribution in [0.15, 0.2) is 11.6 Å². The van der Waals surface area contributed by atoms with Crippen molar-refractivity contribution >= 4 is 0 Å². The lowest BCUT2D eigenvalue weighted by Crippen LogP contribution is -2.60. The highest BCUT2D eigenvalue weighted by Gasteiger charge is 2.68. The Bertz CT molecular complexity index is 1030. The third kappa shape index (κ3) is 4.29. The molecule has 8 heteroatoms. The molecule has 8 nitrogen and oxygen atoms in total. The van der Waals surface area contributed by atoms with E-state index in [4.69, 9.17) is 14.2 Å². The number of nitrogens with one attached hydrogen (secondary N) is 1. The van der Waals surface area contributed by atoms with Crippen LogP contribution in [0.1, 0.15) is 85.5 Å². The molecule has 0 amide bonds. The highest BCUT2D eigenvalue weighted by Crippen LogP contribution is 2.70. The molecule has 3 heterocycles. The number of ether oxygens (including phenoxy) is 3. The maximum absolute atomic E-state index is 10.5. The van der Waals surface area contributed by atoms with Gasteiger partial charge in [0.1, 0.15) is 30.1 Å². The molecule has 7 aliphatic rings. The number of fused-ring (bicyclic) bond motifs is 7. The fraction of sp³-hybridized carbons (Fsp3) is 0.939. The summed E-state index contributed by atoms with van der Waals surface area (Å²) in [5.74, 6) is 3.99. The van der Waals surface area contributed by atoms with Gasteiger partial charge in [0.15, 0.2) is 6.29 Å². The Morgan fingerprint density at radius 2 is 1.80 bits per heavy atom. The molecule has 3 saturated carbocycles. The van der Waals surface area contributed by atoms with Crippen molar-refractivity contribution in [2.45, 2.75) is 134 Å². The highest BCUT2D eigenvalue weighted by atomic mass is 16.7. The van der Waals surface area contributed by atoms with Gasteiger partial charge < -0.3 is 34.6 Å². The van der Waals surface area contributed by atoms with E-state index in [2.05, 4.69) is 39.1 Å². The number of rotatable bonds is 3.